The number of rotatable bonds is 4. The number of benzene rings is 2. The lowest BCUT2D eigenvalue weighted by molar-refractivity contribution is -0.141. The van der Waals surface area contributed by atoms with Gasteiger partial charge in [-0.1, -0.05) is 34.8 Å². The molecule has 0 radical (unpaired) electrons. The van der Waals surface area contributed by atoms with E-state index in [-0.39, 0.29) is 0 Å². The maximum absolute atomic E-state index is 12.1. The van der Waals surface area contributed by atoms with E-state index >= 15 is 0 Å². The molecule has 0 N–H and O–H groups in total. The third-order valence-corrected chi connectivity index (χ3v) is 4.02. The number of halogens is 4. The fourth-order valence-corrected chi connectivity index (χ4v) is 2.78. The summed E-state index contributed by atoms with van der Waals surface area (Å²) in [6, 6.07) is 9.59. The molecule has 0 aliphatic rings. The molecule has 22 heavy (non-hydrogen) atoms. The van der Waals surface area contributed by atoms with Crippen LogP contribution in [0.5, 0.6) is 11.5 Å². The maximum Gasteiger partial charge on any atom is 0.352 e. The number of ether oxygens (including phenoxy) is 2. The predicted octanol–water partition coefficient (Wildman–Crippen LogP) is 5.78. The van der Waals surface area contributed by atoms with Gasteiger partial charge in [-0.2, -0.15) is 0 Å². The van der Waals surface area contributed by atoms with Crippen LogP contribution in [0.1, 0.15) is 6.92 Å². The fourth-order valence-electron chi connectivity index (χ4n) is 1.56. The van der Waals surface area contributed by atoms with E-state index in [0.29, 0.717) is 31.0 Å². The monoisotopic (exact) mass is 422 g/mol. The molecule has 0 aromatic heterocycles. The van der Waals surface area contributed by atoms with E-state index in [0.717, 1.165) is 0 Å². The summed E-state index contributed by atoms with van der Waals surface area (Å²) in [6.07, 6.45) is -0.846. The molecule has 7 heteroatoms. The predicted molar refractivity (Wildman–Crippen MR) is 91.3 cm³/mol. The van der Waals surface area contributed by atoms with Crippen LogP contribution in [-0.2, 0) is 4.79 Å². The average Bonchev–Trinajstić information content (AvgIpc) is 2.44. The first-order chi connectivity index (χ1) is 10.4. The van der Waals surface area contributed by atoms with Crippen molar-refractivity contribution < 1.29 is 14.3 Å². The normalized spacial score (nSPS) is 11.9. The van der Waals surface area contributed by atoms with Crippen LogP contribution in [0.3, 0.4) is 0 Å². The minimum Gasteiger partial charge on any atom is -0.477 e. The smallest absolute Gasteiger partial charge is 0.352 e. The summed E-state index contributed by atoms with van der Waals surface area (Å²) < 4.78 is 11.3. The Kier molecular flexibility index (Phi) is 5.98. The Labute approximate surface area is 151 Å². The topological polar surface area (TPSA) is 35.5 Å². The lowest BCUT2D eigenvalue weighted by Crippen LogP contribution is -2.28. The molecule has 2 aromatic rings. The van der Waals surface area contributed by atoms with Crippen molar-refractivity contribution in [3.63, 3.8) is 0 Å². The molecule has 2 rings (SSSR count). The molecule has 0 heterocycles. The summed E-state index contributed by atoms with van der Waals surface area (Å²) >= 11 is 20.9. The van der Waals surface area contributed by atoms with Crippen molar-refractivity contribution in [1.29, 1.82) is 0 Å². The molecule has 2 aromatic carbocycles. The fraction of sp³-hybridized carbons (Fsp3) is 0.133. The Balaban J connectivity index is 2.05. The Morgan fingerprint density at radius 3 is 2.23 bits per heavy atom. The quantitative estimate of drug-likeness (QED) is 0.461. The van der Waals surface area contributed by atoms with Gasteiger partial charge >= 0.3 is 5.97 Å². The molecule has 0 saturated heterocycles. The van der Waals surface area contributed by atoms with Crippen LogP contribution in [0.4, 0.5) is 0 Å². The number of carbonyl (C=O) groups excluding carboxylic acids is 1. The Hall–Kier alpha value is -0.940. The standard InChI is InChI=1S/C15H10BrCl3O3/c1-8(21-14-5-3-10(18)7-12(14)19)15(20)22-13-4-2-9(17)6-11(13)16/h2-8H,1H3. The van der Waals surface area contributed by atoms with Crippen LogP contribution >= 0.6 is 50.7 Å². The van der Waals surface area contributed by atoms with Gasteiger partial charge in [0.25, 0.3) is 0 Å². The van der Waals surface area contributed by atoms with Gasteiger partial charge in [0.15, 0.2) is 6.10 Å². The van der Waals surface area contributed by atoms with E-state index in [9.17, 15) is 4.79 Å². The van der Waals surface area contributed by atoms with Crippen molar-refractivity contribution in [2.45, 2.75) is 13.0 Å². The Bertz CT molecular complexity index is 706. The van der Waals surface area contributed by atoms with Gasteiger partial charge in [0.05, 0.1) is 9.50 Å². The van der Waals surface area contributed by atoms with E-state index < -0.39 is 12.1 Å². The zero-order valence-electron chi connectivity index (χ0n) is 11.3. The lowest BCUT2D eigenvalue weighted by Gasteiger charge is -2.15. The summed E-state index contributed by atoms with van der Waals surface area (Å²) in [4.78, 5) is 12.1. The van der Waals surface area contributed by atoms with Crippen LogP contribution < -0.4 is 9.47 Å². The number of esters is 1. The zero-order chi connectivity index (χ0) is 16.3. The van der Waals surface area contributed by atoms with Crippen molar-refractivity contribution in [3.05, 3.63) is 55.9 Å². The summed E-state index contributed by atoms with van der Waals surface area (Å²) in [6.45, 7) is 1.57. The first-order valence-electron chi connectivity index (χ1n) is 6.15. The highest BCUT2D eigenvalue weighted by atomic mass is 79.9. The second-order valence-electron chi connectivity index (χ2n) is 4.33. The van der Waals surface area contributed by atoms with Crippen molar-refractivity contribution in [3.8, 4) is 11.5 Å². The Morgan fingerprint density at radius 1 is 1.05 bits per heavy atom. The van der Waals surface area contributed by atoms with Crippen molar-refractivity contribution in [2.75, 3.05) is 0 Å². The lowest BCUT2D eigenvalue weighted by atomic mass is 10.3. The van der Waals surface area contributed by atoms with Gasteiger partial charge in [-0.05, 0) is 59.3 Å². The van der Waals surface area contributed by atoms with E-state index in [2.05, 4.69) is 15.9 Å². The third kappa shape index (κ3) is 4.53. The van der Waals surface area contributed by atoms with Gasteiger partial charge < -0.3 is 9.47 Å². The SMILES string of the molecule is CC(Oc1ccc(Cl)cc1Cl)C(=O)Oc1ccc(Cl)cc1Br. The van der Waals surface area contributed by atoms with Gasteiger partial charge in [-0.3, -0.25) is 0 Å². The molecule has 3 nitrogen and oxygen atoms in total. The van der Waals surface area contributed by atoms with Crippen molar-refractivity contribution in [1.82, 2.24) is 0 Å². The van der Waals surface area contributed by atoms with E-state index in [1.807, 2.05) is 0 Å². The number of hydrogen-bond acceptors (Lipinski definition) is 3. The van der Waals surface area contributed by atoms with Crippen molar-refractivity contribution in [2.24, 2.45) is 0 Å². The molecule has 1 unspecified atom stereocenters. The molecular formula is C15H10BrCl3O3. The van der Waals surface area contributed by atoms with E-state index in [1.165, 1.54) is 6.07 Å². The van der Waals surface area contributed by atoms with Gasteiger partial charge in [-0.25, -0.2) is 4.79 Å². The number of hydrogen-bond donors (Lipinski definition) is 0. The van der Waals surface area contributed by atoms with Gasteiger partial charge in [0.1, 0.15) is 11.5 Å². The third-order valence-electron chi connectivity index (χ3n) is 2.63. The first-order valence-corrected chi connectivity index (χ1v) is 8.08. The molecule has 0 saturated carbocycles. The molecule has 0 fully saturated rings. The first kappa shape index (κ1) is 17.4. The highest BCUT2D eigenvalue weighted by Crippen LogP contribution is 2.30. The molecule has 0 bridgehead atoms. The van der Waals surface area contributed by atoms with E-state index in [1.54, 1.807) is 37.3 Å². The van der Waals surface area contributed by atoms with Crippen LogP contribution in [0.15, 0.2) is 40.9 Å². The molecule has 0 spiro atoms. The minimum absolute atomic E-state index is 0.319. The minimum atomic E-state index is -0.846. The van der Waals surface area contributed by atoms with Crippen molar-refractivity contribution >= 4 is 56.7 Å². The Morgan fingerprint density at radius 2 is 1.64 bits per heavy atom. The van der Waals surface area contributed by atoms with Crippen LogP contribution in [0.25, 0.3) is 0 Å². The van der Waals surface area contributed by atoms with Gasteiger partial charge in [0, 0.05) is 10.0 Å². The summed E-state index contributed by atoms with van der Waals surface area (Å²) in [5.41, 5.74) is 0. The molecule has 0 aliphatic heterocycles. The van der Waals surface area contributed by atoms with Gasteiger partial charge in [-0.15, -0.1) is 0 Å². The summed E-state index contributed by atoms with van der Waals surface area (Å²) in [5, 5.41) is 1.33. The summed E-state index contributed by atoms with van der Waals surface area (Å²) in [5.74, 6) is 0.145. The molecule has 0 amide bonds. The van der Waals surface area contributed by atoms with Crippen LogP contribution in [-0.4, -0.2) is 12.1 Å². The van der Waals surface area contributed by atoms with Gasteiger partial charge in [0.2, 0.25) is 0 Å². The maximum atomic E-state index is 12.1. The highest BCUT2D eigenvalue weighted by molar-refractivity contribution is 9.10. The second kappa shape index (κ2) is 7.55. The number of carbonyl (C=O) groups is 1. The summed E-state index contributed by atoms with van der Waals surface area (Å²) in [7, 11) is 0. The zero-order valence-corrected chi connectivity index (χ0v) is 15.1. The van der Waals surface area contributed by atoms with Crippen LogP contribution in [0, 0.1) is 0 Å². The highest BCUT2D eigenvalue weighted by Gasteiger charge is 2.19. The second-order valence-corrected chi connectivity index (χ2v) is 6.47. The molecule has 0 aliphatic carbocycles. The van der Waals surface area contributed by atoms with Crippen LogP contribution in [0.2, 0.25) is 15.1 Å². The molecule has 1 atom stereocenters. The largest absolute Gasteiger partial charge is 0.477 e. The van der Waals surface area contributed by atoms with E-state index in [4.69, 9.17) is 44.3 Å². The average molecular weight is 425 g/mol. The molecular weight excluding hydrogens is 414 g/mol. The molecule has 116 valence electrons.